The molecule has 1 aromatic heterocycles. The van der Waals surface area contributed by atoms with Gasteiger partial charge in [-0.1, -0.05) is 36.0 Å². The summed E-state index contributed by atoms with van der Waals surface area (Å²) in [5.41, 5.74) is 1.42. The van der Waals surface area contributed by atoms with Gasteiger partial charge in [0.2, 0.25) is 5.91 Å². The molecular weight excluding hydrogens is 396 g/mol. The third-order valence-corrected chi connectivity index (χ3v) is 5.30. The molecule has 30 heavy (non-hydrogen) atoms. The van der Waals surface area contributed by atoms with E-state index in [-0.39, 0.29) is 17.2 Å². The highest BCUT2D eigenvalue weighted by molar-refractivity contribution is 7.99. The molecule has 3 rings (SSSR count). The molecule has 0 spiro atoms. The van der Waals surface area contributed by atoms with Gasteiger partial charge in [-0.05, 0) is 36.4 Å². The van der Waals surface area contributed by atoms with E-state index in [0.717, 1.165) is 0 Å². The van der Waals surface area contributed by atoms with Crippen LogP contribution in [0.25, 0.3) is 16.6 Å². The fraction of sp³-hybridized carbons (Fsp3) is 0.130. The zero-order chi connectivity index (χ0) is 21.5. The number of nitriles is 1. The largest absolute Gasteiger partial charge is 0.335 e. The number of nitrogens with zero attached hydrogens (tertiary/aromatic N) is 4. The van der Waals surface area contributed by atoms with E-state index in [9.17, 15) is 9.59 Å². The van der Waals surface area contributed by atoms with Gasteiger partial charge >= 0.3 is 0 Å². The Bertz CT molecular complexity index is 1180. The van der Waals surface area contributed by atoms with Gasteiger partial charge in [-0.25, -0.2) is 4.98 Å². The predicted octanol–water partition coefficient (Wildman–Crippen LogP) is 3.55. The molecule has 0 radical (unpaired) electrons. The molecule has 1 amide bonds. The number of thioether (sulfide) groups is 1. The van der Waals surface area contributed by atoms with E-state index in [0.29, 0.717) is 40.4 Å². The van der Waals surface area contributed by atoms with Gasteiger partial charge in [0, 0.05) is 13.1 Å². The van der Waals surface area contributed by atoms with Crippen molar-refractivity contribution in [3.8, 4) is 11.8 Å². The molecule has 3 aromatic rings. The highest BCUT2D eigenvalue weighted by Crippen LogP contribution is 2.22. The van der Waals surface area contributed by atoms with Crippen LogP contribution in [-0.4, -0.2) is 39.2 Å². The quantitative estimate of drug-likeness (QED) is 0.319. The second-order valence-electron chi connectivity index (χ2n) is 6.38. The van der Waals surface area contributed by atoms with Crippen molar-refractivity contribution < 1.29 is 4.79 Å². The molecule has 150 valence electrons. The fourth-order valence-corrected chi connectivity index (χ4v) is 3.84. The van der Waals surface area contributed by atoms with Crippen molar-refractivity contribution in [3.63, 3.8) is 0 Å². The summed E-state index contributed by atoms with van der Waals surface area (Å²) in [5, 5.41) is 9.94. The Balaban J connectivity index is 2.03. The molecule has 2 aromatic carbocycles. The first-order valence-electron chi connectivity index (χ1n) is 9.23. The molecule has 0 atom stereocenters. The summed E-state index contributed by atoms with van der Waals surface area (Å²) in [6, 6.07) is 15.8. The van der Waals surface area contributed by atoms with Gasteiger partial charge in [0.1, 0.15) is 0 Å². The van der Waals surface area contributed by atoms with E-state index in [1.54, 1.807) is 59.5 Å². The molecule has 1 heterocycles. The second-order valence-corrected chi connectivity index (χ2v) is 7.32. The molecule has 0 saturated carbocycles. The minimum absolute atomic E-state index is 0.103. The Kier molecular flexibility index (Phi) is 6.83. The Morgan fingerprint density at radius 3 is 2.43 bits per heavy atom. The first-order chi connectivity index (χ1) is 14.6. The van der Waals surface area contributed by atoms with Gasteiger partial charge in [0.05, 0.1) is 34.0 Å². The van der Waals surface area contributed by atoms with Crippen LogP contribution in [0.3, 0.4) is 0 Å². The first-order valence-corrected chi connectivity index (χ1v) is 10.2. The van der Waals surface area contributed by atoms with Crippen LogP contribution in [-0.2, 0) is 4.79 Å². The van der Waals surface area contributed by atoms with E-state index >= 15 is 0 Å². The number of amides is 1. The van der Waals surface area contributed by atoms with Gasteiger partial charge in [-0.15, -0.1) is 13.2 Å². The van der Waals surface area contributed by atoms with Crippen molar-refractivity contribution in [1.29, 1.82) is 5.26 Å². The smallest absolute Gasteiger partial charge is 0.266 e. The molecule has 0 aliphatic heterocycles. The number of fused-ring (bicyclic) bond motifs is 1. The number of benzene rings is 2. The monoisotopic (exact) mass is 416 g/mol. The molecule has 6 nitrogen and oxygen atoms in total. The molecule has 7 heteroatoms. The van der Waals surface area contributed by atoms with Crippen LogP contribution in [0.2, 0.25) is 0 Å². The average molecular weight is 417 g/mol. The van der Waals surface area contributed by atoms with Crippen LogP contribution in [0.15, 0.2) is 83.8 Å². The zero-order valence-electron chi connectivity index (χ0n) is 16.3. The van der Waals surface area contributed by atoms with Crippen LogP contribution >= 0.6 is 11.8 Å². The third kappa shape index (κ3) is 4.50. The maximum absolute atomic E-state index is 13.2. The van der Waals surface area contributed by atoms with E-state index in [1.807, 2.05) is 6.07 Å². The number of carbonyl (C=O) groups is 1. The summed E-state index contributed by atoms with van der Waals surface area (Å²) >= 11 is 1.20. The van der Waals surface area contributed by atoms with Gasteiger partial charge in [0.25, 0.3) is 5.56 Å². The maximum Gasteiger partial charge on any atom is 0.266 e. The van der Waals surface area contributed by atoms with Crippen LogP contribution in [0.4, 0.5) is 0 Å². The first kappa shape index (κ1) is 21.1. The predicted molar refractivity (Wildman–Crippen MR) is 120 cm³/mol. The van der Waals surface area contributed by atoms with Crippen LogP contribution < -0.4 is 5.56 Å². The lowest BCUT2D eigenvalue weighted by molar-refractivity contribution is -0.127. The lowest BCUT2D eigenvalue weighted by Crippen LogP contribution is -2.33. The molecule has 0 unspecified atom stereocenters. The normalized spacial score (nSPS) is 10.4. The molecule has 0 N–H and O–H groups in total. The summed E-state index contributed by atoms with van der Waals surface area (Å²) < 4.78 is 1.48. The molecule has 0 bridgehead atoms. The number of rotatable bonds is 8. The number of hydrogen-bond acceptors (Lipinski definition) is 5. The molecule has 0 saturated heterocycles. The van der Waals surface area contributed by atoms with Gasteiger partial charge in [0.15, 0.2) is 5.16 Å². The van der Waals surface area contributed by atoms with E-state index in [4.69, 9.17) is 5.26 Å². The Hall–Kier alpha value is -3.63. The number of aromatic nitrogens is 2. The van der Waals surface area contributed by atoms with Gasteiger partial charge < -0.3 is 4.90 Å². The summed E-state index contributed by atoms with van der Waals surface area (Å²) in [6.07, 6.45) is 3.32. The van der Waals surface area contributed by atoms with Crippen molar-refractivity contribution in [3.05, 3.63) is 89.8 Å². The molecule has 0 fully saturated rings. The van der Waals surface area contributed by atoms with Crippen LogP contribution in [0.1, 0.15) is 5.56 Å². The average Bonchev–Trinajstić information content (AvgIpc) is 2.77. The van der Waals surface area contributed by atoms with Crippen molar-refractivity contribution in [2.45, 2.75) is 5.16 Å². The van der Waals surface area contributed by atoms with Crippen molar-refractivity contribution in [2.75, 3.05) is 18.8 Å². The third-order valence-electron chi connectivity index (χ3n) is 4.38. The standard InChI is InChI=1S/C23H20N4O2S/c1-3-13-26(14-4-2)21(28)16-30-23-25-20-8-6-5-7-19(20)22(29)27(23)18-11-9-17(15-24)10-12-18/h3-12H,1-2,13-14,16H2. The van der Waals surface area contributed by atoms with Crippen molar-refractivity contribution in [2.24, 2.45) is 0 Å². The number of carbonyl (C=O) groups excluding carboxylic acids is 1. The van der Waals surface area contributed by atoms with Crippen LogP contribution in [0.5, 0.6) is 0 Å². The van der Waals surface area contributed by atoms with Crippen molar-refractivity contribution in [1.82, 2.24) is 14.5 Å². The number of para-hydroxylation sites is 1. The zero-order valence-corrected chi connectivity index (χ0v) is 17.1. The fourth-order valence-electron chi connectivity index (χ4n) is 2.93. The summed E-state index contributed by atoms with van der Waals surface area (Å²) in [6.45, 7) is 8.19. The Morgan fingerprint density at radius 1 is 1.13 bits per heavy atom. The maximum atomic E-state index is 13.2. The summed E-state index contributed by atoms with van der Waals surface area (Å²) in [5.74, 6) is 0.0107. The highest BCUT2D eigenvalue weighted by atomic mass is 32.2. The minimum atomic E-state index is -0.228. The lowest BCUT2D eigenvalue weighted by atomic mass is 10.2. The van der Waals surface area contributed by atoms with E-state index in [2.05, 4.69) is 24.2 Å². The second kappa shape index (κ2) is 9.72. The number of hydrogen-bond donors (Lipinski definition) is 0. The van der Waals surface area contributed by atoms with E-state index < -0.39 is 0 Å². The van der Waals surface area contributed by atoms with Gasteiger partial charge in [-0.3, -0.25) is 14.2 Å². The Labute approximate surface area is 178 Å². The highest BCUT2D eigenvalue weighted by Gasteiger charge is 2.17. The van der Waals surface area contributed by atoms with E-state index in [1.165, 1.54) is 16.3 Å². The molecule has 0 aliphatic rings. The summed E-state index contributed by atoms with van der Waals surface area (Å²) in [4.78, 5) is 32.1. The SMILES string of the molecule is C=CCN(CC=C)C(=O)CSc1nc2ccccc2c(=O)n1-c1ccc(C#N)cc1. The topological polar surface area (TPSA) is 79.0 Å². The molecular formula is C23H20N4O2S. The van der Waals surface area contributed by atoms with Crippen LogP contribution in [0, 0.1) is 11.3 Å². The lowest BCUT2D eigenvalue weighted by Gasteiger charge is -2.19. The minimum Gasteiger partial charge on any atom is -0.335 e. The Morgan fingerprint density at radius 2 is 1.80 bits per heavy atom. The molecule has 0 aliphatic carbocycles. The summed E-state index contributed by atoms with van der Waals surface area (Å²) in [7, 11) is 0. The van der Waals surface area contributed by atoms with Crippen molar-refractivity contribution >= 4 is 28.6 Å². The van der Waals surface area contributed by atoms with Gasteiger partial charge in [-0.2, -0.15) is 5.26 Å².